The van der Waals surface area contributed by atoms with Crippen molar-refractivity contribution in [3.05, 3.63) is 35.0 Å². The molecule has 1 aromatic carbocycles. The first kappa shape index (κ1) is 10.8. The molecular weight excluding hydrogens is 210 g/mol. The normalized spacial score (nSPS) is 19.5. The Labute approximate surface area is 102 Å². The van der Waals surface area contributed by atoms with Gasteiger partial charge in [0, 0.05) is 16.6 Å². The van der Waals surface area contributed by atoms with Gasteiger partial charge in [0.2, 0.25) is 0 Å². The maximum Gasteiger partial charge on any atom is 0.0973 e. The molecule has 1 aliphatic rings. The number of hydrogen-bond donors (Lipinski definition) is 1. The van der Waals surface area contributed by atoms with E-state index in [0.717, 1.165) is 25.9 Å². The molecule has 0 fully saturated rings. The van der Waals surface area contributed by atoms with Gasteiger partial charge in [-0.1, -0.05) is 32.0 Å². The van der Waals surface area contributed by atoms with Gasteiger partial charge in [0.15, 0.2) is 0 Å². The molecule has 0 spiro atoms. The number of aryl methyl sites for hydroxylation is 1. The molecular formula is C15H19NO. The van der Waals surface area contributed by atoms with Crippen LogP contribution in [0, 0.1) is 0 Å². The van der Waals surface area contributed by atoms with E-state index in [-0.39, 0.29) is 6.10 Å². The third-order valence-electron chi connectivity index (χ3n) is 3.81. The Morgan fingerprint density at radius 1 is 1.35 bits per heavy atom. The van der Waals surface area contributed by atoms with E-state index in [1.54, 1.807) is 0 Å². The molecule has 1 aliphatic heterocycles. The van der Waals surface area contributed by atoms with E-state index < -0.39 is 0 Å². The summed E-state index contributed by atoms with van der Waals surface area (Å²) in [5, 5.41) is 1.40. The minimum atomic E-state index is 0.260. The molecule has 17 heavy (non-hydrogen) atoms. The van der Waals surface area contributed by atoms with E-state index in [1.807, 2.05) is 0 Å². The van der Waals surface area contributed by atoms with Crippen LogP contribution in [-0.2, 0) is 17.6 Å². The van der Waals surface area contributed by atoms with Crippen molar-refractivity contribution in [2.24, 2.45) is 0 Å². The average Bonchev–Trinajstić information content (AvgIpc) is 2.77. The van der Waals surface area contributed by atoms with Gasteiger partial charge in [-0.05, 0) is 30.4 Å². The van der Waals surface area contributed by atoms with Gasteiger partial charge in [0.1, 0.15) is 0 Å². The fraction of sp³-hybridized carbons (Fsp3) is 0.467. The molecule has 0 aliphatic carbocycles. The van der Waals surface area contributed by atoms with Gasteiger partial charge in [0.25, 0.3) is 0 Å². The molecule has 0 amide bonds. The van der Waals surface area contributed by atoms with Crippen molar-refractivity contribution in [1.29, 1.82) is 0 Å². The highest BCUT2D eigenvalue weighted by Crippen LogP contribution is 2.35. The Balaban J connectivity index is 2.25. The van der Waals surface area contributed by atoms with Crippen LogP contribution in [-0.4, -0.2) is 11.6 Å². The van der Waals surface area contributed by atoms with Gasteiger partial charge in [0.05, 0.1) is 12.7 Å². The van der Waals surface area contributed by atoms with Crippen molar-refractivity contribution in [2.45, 2.75) is 39.2 Å². The minimum Gasteiger partial charge on any atom is -0.372 e. The number of para-hydroxylation sites is 1. The van der Waals surface area contributed by atoms with Gasteiger partial charge in [-0.2, -0.15) is 0 Å². The highest BCUT2D eigenvalue weighted by atomic mass is 16.5. The summed E-state index contributed by atoms with van der Waals surface area (Å²) in [6, 6.07) is 6.62. The first-order chi connectivity index (χ1) is 8.35. The summed E-state index contributed by atoms with van der Waals surface area (Å²) in [7, 11) is 0. The summed E-state index contributed by atoms with van der Waals surface area (Å²) in [5.74, 6) is 0. The van der Waals surface area contributed by atoms with Crippen LogP contribution < -0.4 is 0 Å². The second kappa shape index (κ2) is 4.19. The third kappa shape index (κ3) is 1.59. The SMILES string of the molecule is CCc1cccc2c3c([nH]c12)[C@@H](CC)OCC3. The second-order valence-corrected chi connectivity index (χ2v) is 4.73. The van der Waals surface area contributed by atoms with Crippen molar-refractivity contribution in [1.82, 2.24) is 4.98 Å². The summed E-state index contributed by atoms with van der Waals surface area (Å²) in [5.41, 5.74) is 5.53. The summed E-state index contributed by atoms with van der Waals surface area (Å²) in [4.78, 5) is 3.61. The lowest BCUT2D eigenvalue weighted by Gasteiger charge is -2.22. The van der Waals surface area contributed by atoms with Gasteiger partial charge < -0.3 is 9.72 Å². The summed E-state index contributed by atoms with van der Waals surface area (Å²) >= 11 is 0. The van der Waals surface area contributed by atoms with Crippen LogP contribution in [0.2, 0.25) is 0 Å². The zero-order valence-electron chi connectivity index (χ0n) is 10.5. The molecule has 2 heteroatoms. The molecule has 1 aromatic heterocycles. The van der Waals surface area contributed by atoms with E-state index in [4.69, 9.17) is 4.74 Å². The summed E-state index contributed by atoms with van der Waals surface area (Å²) in [6.45, 7) is 5.25. The second-order valence-electron chi connectivity index (χ2n) is 4.73. The molecule has 0 bridgehead atoms. The van der Waals surface area contributed by atoms with Crippen molar-refractivity contribution in [3.63, 3.8) is 0 Å². The van der Waals surface area contributed by atoms with E-state index >= 15 is 0 Å². The van der Waals surface area contributed by atoms with E-state index in [9.17, 15) is 0 Å². The first-order valence-corrected chi connectivity index (χ1v) is 6.59. The Morgan fingerprint density at radius 2 is 2.24 bits per heavy atom. The number of nitrogens with one attached hydrogen (secondary N) is 1. The van der Waals surface area contributed by atoms with Gasteiger partial charge in [-0.15, -0.1) is 0 Å². The van der Waals surface area contributed by atoms with Crippen LogP contribution >= 0.6 is 0 Å². The average molecular weight is 229 g/mol. The van der Waals surface area contributed by atoms with Crippen molar-refractivity contribution in [3.8, 4) is 0 Å². The van der Waals surface area contributed by atoms with Crippen molar-refractivity contribution in [2.75, 3.05) is 6.61 Å². The molecule has 3 rings (SSSR count). The predicted molar refractivity (Wildman–Crippen MR) is 70.4 cm³/mol. The number of ether oxygens (including phenoxy) is 1. The van der Waals surface area contributed by atoms with E-state index in [1.165, 1.54) is 27.7 Å². The Hall–Kier alpha value is -1.28. The Bertz CT molecular complexity index is 541. The van der Waals surface area contributed by atoms with Gasteiger partial charge in [-0.3, -0.25) is 0 Å². The molecule has 2 nitrogen and oxygen atoms in total. The number of rotatable bonds is 2. The first-order valence-electron chi connectivity index (χ1n) is 6.59. The molecule has 1 atom stereocenters. The largest absolute Gasteiger partial charge is 0.372 e. The minimum absolute atomic E-state index is 0.260. The smallest absolute Gasteiger partial charge is 0.0973 e. The van der Waals surface area contributed by atoms with E-state index in [2.05, 4.69) is 37.0 Å². The van der Waals surface area contributed by atoms with E-state index in [0.29, 0.717) is 0 Å². The van der Waals surface area contributed by atoms with Crippen LogP contribution in [0.15, 0.2) is 18.2 Å². The van der Waals surface area contributed by atoms with Crippen LogP contribution in [0.3, 0.4) is 0 Å². The topological polar surface area (TPSA) is 25.0 Å². The molecule has 0 unspecified atom stereocenters. The fourth-order valence-corrected chi connectivity index (χ4v) is 2.90. The molecule has 2 heterocycles. The lowest BCUT2D eigenvalue weighted by atomic mass is 10.00. The molecule has 90 valence electrons. The lowest BCUT2D eigenvalue weighted by Crippen LogP contribution is -2.14. The number of aromatic amines is 1. The number of aromatic nitrogens is 1. The molecule has 0 saturated carbocycles. The van der Waals surface area contributed by atoms with Crippen LogP contribution in [0.25, 0.3) is 10.9 Å². The zero-order valence-corrected chi connectivity index (χ0v) is 10.5. The number of H-pyrrole nitrogens is 1. The number of hydrogen-bond acceptors (Lipinski definition) is 1. The van der Waals surface area contributed by atoms with Crippen LogP contribution in [0.4, 0.5) is 0 Å². The standard InChI is InChI=1S/C15H19NO/c1-3-10-6-5-7-11-12-8-9-17-13(4-2)15(12)16-14(10)11/h5-7,13,16H,3-4,8-9H2,1-2H3/t13-/m1/s1. The fourth-order valence-electron chi connectivity index (χ4n) is 2.90. The highest BCUT2D eigenvalue weighted by Gasteiger charge is 2.23. The van der Waals surface area contributed by atoms with Crippen LogP contribution in [0.1, 0.15) is 43.2 Å². The van der Waals surface area contributed by atoms with Crippen molar-refractivity contribution < 1.29 is 4.74 Å². The monoisotopic (exact) mass is 229 g/mol. The Morgan fingerprint density at radius 3 is 3.00 bits per heavy atom. The third-order valence-corrected chi connectivity index (χ3v) is 3.81. The predicted octanol–water partition coefficient (Wildman–Crippen LogP) is 3.75. The van der Waals surface area contributed by atoms with Gasteiger partial charge in [-0.25, -0.2) is 0 Å². The summed E-state index contributed by atoms with van der Waals surface area (Å²) in [6.07, 6.45) is 3.42. The summed E-state index contributed by atoms with van der Waals surface area (Å²) < 4.78 is 5.83. The zero-order chi connectivity index (χ0) is 11.8. The van der Waals surface area contributed by atoms with Gasteiger partial charge >= 0.3 is 0 Å². The maximum atomic E-state index is 5.83. The molecule has 0 saturated heterocycles. The highest BCUT2D eigenvalue weighted by molar-refractivity contribution is 5.87. The number of fused-ring (bicyclic) bond motifs is 3. The molecule has 1 N–H and O–H groups in total. The van der Waals surface area contributed by atoms with Crippen LogP contribution in [0.5, 0.6) is 0 Å². The lowest BCUT2D eigenvalue weighted by molar-refractivity contribution is 0.0377. The van der Waals surface area contributed by atoms with Crippen molar-refractivity contribution >= 4 is 10.9 Å². The quantitative estimate of drug-likeness (QED) is 0.833. The maximum absolute atomic E-state index is 5.83. The molecule has 2 aromatic rings. The Kier molecular flexibility index (Phi) is 2.67. The molecule has 0 radical (unpaired) electrons. The number of benzene rings is 1.